The molecule has 0 spiro atoms. The van der Waals surface area contributed by atoms with Crippen LogP contribution in [0, 0.1) is 5.82 Å². The van der Waals surface area contributed by atoms with E-state index in [0.29, 0.717) is 43.3 Å². The van der Waals surface area contributed by atoms with Crippen LogP contribution in [0.1, 0.15) is 32.1 Å². The van der Waals surface area contributed by atoms with E-state index in [9.17, 15) is 0 Å². The minimum atomic E-state index is -0.429. The summed E-state index contributed by atoms with van der Waals surface area (Å²) in [6, 6.07) is 8.27. The normalized spacial score (nSPS) is 20.0. The summed E-state index contributed by atoms with van der Waals surface area (Å²) in [5.41, 5.74) is 1.43. The Morgan fingerprint density at radius 3 is 2.76 bits per heavy atom. The standard InChI is InChI=1S/C28H30FN5O2S/c29-23-24(21-17-37-22-7-2-1-6-19(21)22)30-16-20-25(23)31-27(32-26(20)33-10-5-14-35-15-13-33)36-18-28-8-3-11-34(28)12-4-9-28/h1-2,6-7,16-17H,3-5,8-15,18H2. The monoisotopic (exact) mass is 519 g/mol. The number of fused-ring (bicyclic) bond motifs is 3. The summed E-state index contributed by atoms with van der Waals surface area (Å²) >= 11 is 1.59. The van der Waals surface area contributed by atoms with Gasteiger partial charge in [0.2, 0.25) is 0 Å². The van der Waals surface area contributed by atoms with Crippen LogP contribution in [-0.4, -0.2) is 71.4 Å². The fourth-order valence-corrected chi connectivity index (χ4v) is 7.24. The van der Waals surface area contributed by atoms with Crippen molar-refractivity contribution in [3.63, 3.8) is 0 Å². The summed E-state index contributed by atoms with van der Waals surface area (Å²) in [6.45, 7) is 5.57. The average Bonchev–Trinajstić information content (AvgIpc) is 3.56. The van der Waals surface area contributed by atoms with Crippen LogP contribution in [0.15, 0.2) is 35.8 Å². The molecule has 4 aromatic rings. The van der Waals surface area contributed by atoms with Crippen LogP contribution in [0.2, 0.25) is 0 Å². The van der Waals surface area contributed by atoms with E-state index in [2.05, 4.69) is 19.8 Å². The summed E-state index contributed by atoms with van der Waals surface area (Å²) in [7, 11) is 0. The molecule has 3 saturated heterocycles. The van der Waals surface area contributed by atoms with Gasteiger partial charge in [-0.2, -0.15) is 9.97 Å². The maximum absolute atomic E-state index is 16.3. The number of ether oxygens (including phenoxy) is 2. The number of pyridine rings is 1. The van der Waals surface area contributed by atoms with Gasteiger partial charge in [0.25, 0.3) is 0 Å². The Morgan fingerprint density at radius 2 is 1.86 bits per heavy atom. The lowest BCUT2D eigenvalue weighted by molar-refractivity contribution is 0.108. The number of hydrogen-bond donors (Lipinski definition) is 0. The van der Waals surface area contributed by atoms with Crippen molar-refractivity contribution in [2.75, 3.05) is 50.9 Å². The van der Waals surface area contributed by atoms with E-state index in [1.165, 1.54) is 12.8 Å². The highest BCUT2D eigenvalue weighted by Crippen LogP contribution is 2.40. The highest BCUT2D eigenvalue weighted by molar-refractivity contribution is 7.17. The van der Waals surface area contributed by atoms with Crippen LogP contribution in [0.3, 0.4) is 0 Å². The second-order valence-electron chi connectivity index (χ2n) is 10.3. The summed E-state index contributed by atoms with van der Waals surface area (Å²) in [5.74, 6) is 0.243. The quantitative estimate of drug-likeness (QED) is 0.356. The van der Waals surface area contributed by atoms with Crippen LogP contribution in [0.5, 0.6) is 6.01 Å². The Kier molecular flexibility index (Phi) is 5.94. The Hall–Kier alpha value is -2.88. The van der Waals surface area contributed by atoms with Crippen LogP contribution in [0.25, 0.3) is 32.2 Å². The lowest BCUT2D eigenvalue weighted by Crippen LogP contribution is -2.43. The first kappa shape index (κ1) is 23.3. The second-order valence-corrected chi connectivity index (χ2v) is 11.2. The summed E-state index contributed by atoms with van der Waals surface area (Å²) < 4.78 is 29.4. The minimum absolute atomic E-state index is 0.0620. The highest BCUT2D eigenvalue weighted by atomic mass is 32.1. The molecule has 37 heavy (non-hydrogen) atoms. The van der Waals surface area contributed by atoms with Gasteiger partial charge in [-0.05, 0) is 51.3 Å². The van der Waals surface area contributed by atoms with Gasteiger partial charge in [-0.25, -0.2) is 4.39 Å². The molecule has 3 aromatic heterocycles. The summed E-state index contributed by atoms with van der Waals surface area (Å²) in [5, 5.41) is 3.58. The number of halogens is 1. The van der Waals surface area contributed by atoms with E-state index >= 15 is 4.39 Å². The van der Waals surface area contributed by atoms with E-state index in [1.807, 2.05) is 29.6 Å². The Balaban J connectivity index is 1.33. The molecular formula is C28H30FN5O2S. The largest absolute Gasteiger partial charge is 0.461 e. The second kappa shape index (κ2) is 9.45. The van der Waals surface area contributed by atoms with Gasteiger partial charge in [0.1, 0.15) is 23.6 Å². The topological polar surface area (TPSA) is 63.6 Å². The van der Waals surface area contributed by atoms with Crippen molar-refractivity contribution in [3.8, 4) is 17.3 Å². The van der Waals surface area contributed by atoms with Crippen molar-refractivity contribution in [3.05, 3.63) is 41.7 Å². The Morgan fingerprint density at radius 1 is 1.00 bits per heavy atom. The van der Waals surface area contributed by atoms with Crippen LogP contribution >= 0.6 is 11.3 Å². The van der Waals surface area contributed by atoms with Gasteiger partial charge in [-0.1, -0.05) is 18.2 Å². The van der Waals surface area contributed by atoms with Crippen molar-refractivity contribution < 1.29 is 13.9 Å². The van der Waals surface area contributed by atoms with E-state index in [-0.39, 0.29) is 17.1 Å². The van der Waals surface area contributed by atoms with Gasteiger partial charge < -0.3 is 14.4 Å². The molecule has 0 saturated carbocycles. The fraction of sp³-hybridized carbons (Fsp3) is 0.464. The van der Waals surface area contributed by atoms with Crippen molar-refractivity contribution in [1.29, 1.82) is 0 Å². The SMILES string of the molecule is Fc1c(-c2csc3ccccc23)ncc2c(N3CCCOCC3)nc(OCC34CCCN3CCC4)nc12. The number of hydrogen-bond acceptors (Lipinski definition) is 8. The minimum Gasteiger partial charge on any atom is -0.461 e. The maximum Gasteiger partial charge on any atom is 0.319 e. The molecule has 7 rings (SSSR count). The predicted octanol–water partition coefficient (Wildman–Crippen LogP) is 5.28. The highest BCUT2D eigenvalue weighted by Gasteiger charge is 2.45. The predicted molar refractivity (Wildman–Crippen MR) is 144 cm³/mol. The number of nitrogens with zero attached hydrogens (tertiary/aromatic N) is 5. The molecule has 3 aliphatic heterocycles. The number of aromatic nitrogens is 3. The molecule has 1 aromatic carbocycles. The molecular weight excluding hydrogens is 489 g/mol. The van der Waals surface area contributed by atoms with E-state index < -0.39 is 5.82 Å². The van der Waals surface area contributed by atoms with Crippen LogP contribution in [0.4, 0.5) is 10.2 Å². The van der Waals surface area contributed by atoms with Crippen molar-refractivity contribution in [2.45, 2.75) is 37.6 Å². The molecule has 6 heterocycles. The van der Waals surface area contributed by atoms with Crippen LogP contribution in [-0.2, 0) is 4.74 Å². The molecule has 0 N–H and O–H groups in total. The van der Waals surface area contributed by atoms with Crippen molar-refractivity contribution in [1.82, 2.24) is 19.9 Å². The van der Waals surface area contributed by atoms with Crippen LogP contribution < -0.4 is 9.64 Å². The Bertz CT molecular complexity index is 1440. The van der Waals surface area contributed by atoms with Gasteiger partial charge in [0, 0.05) is 46.9 Å². The number of thiophene rings is 1. The molecule has 0 bridgehead atoms. The lowest BCUT2D eigenvalue weighted by atomic mass is 9.95. The maximum atomic E-state index is 16.3. The zero-order chi connectivity index (χ0) is 24.8. The molecule has 0 unspecified atom stereocenters. The van der Waals surface area contributed by atoms with Crippen molar-refractivity contribution in [2.24, 2.45) is 0 Å². The van der Waals surface area contributed by atoms with Gasteiger partial charge in [-0.3, -0.25) is 9.88 Å². The van der Waals surface area contributed by atoms with Gasteiger partial charge in [0.15, 0.2) is 5.82 Å². The zero-order valence-electron chi connectivity index (χ0n) is 20.8. The fourth-order valence-electron chi connectivity index (χ4n) is 6.29. The third-order valence-electron chi connectivity index (χ3n) is 8.18. The molecule has 0 atom stereocenters. The number of benzene rings is 1. The van der Waals surface area contributed by atoms with E-state index in [0.717, 1.165) is 54.5 Å². The third kappa shape index (κ3) is 4.04. The first-order chi connectivity index (χ1) is 18.2. The average molecular weight is 520 g/mol. The first-order valence-electron chi connectivity index (χ1n) is 13.3. The van der Waals surface area contributed by atoms with E-state index in [4.69, 9.17) is 14.5 Å². The van der Waals surface area contributed by atoms with Crippen molar-refractivity contribution >= 4 is 38.1 Å². The number of rotatable bonds is 5. The lowest BCUT2D eigenvalue weighted by Gasteiger charge is -2.31. The number of anilines is 1. The van der Waals surface area contributed by atoms with Gasteiger partial charge in [0.05, 0.1) is 17.5 Å². The molecule has 0 aliphatic carbocycles. The molecule has 192 valence electrons. The van der Waals surface area contributed by atoms with Gasteiger partial charge >= 0.3 is 6.01 Å². The van der Waals surface area contributed by atoms with E-state index in [1.54, 1.807) is 17.5 Å². The Labute approximate surface area is 219 Å². The molecule has 3 fully saturated rings. The molecule has 0 radical (unpaired) electrons. The summed E-state index contributed by atoms with van der Waals surface area (Å²) in [4.78, 5) is 18.8. The third-order valence-corrected chi connectivity index (χ3v) is 9.15. The summed E-state index contributed by atoms with van der Waals surface area (Å²) in [6.07, 6.45) is 7.25. The zero-order valence-corrected chi connectivity index (χ0v) is 21.6. The molecule has 3 aliphatic rings. The van der Waals surface area contributed by atoms with Gasteiger partial charge in [-0.15, -0.1) is 11.3 Å². The first-order valence-corrected chi connectivity index (χ1v) is 14.1. The smallest absolute Gasteiger partial charge is 0.319 e. The molecule has 0 amide bonds. The molecule has 7 nitrogen and oxygen atoms in total. The molecule has 9 heteroatoms.